The molecule has 0 radical (unpaired) electrons. The van der Waals surface area contributed by atoms with Crippen molar-refractivity contribution in [1.82, 2.24) is 14.4 Å². The second-order valence-electron chi connectivity index (χ2n) is 11.1. The van der Waals surface area contributed by atoms with E-state index in [1.165, 1.54) is 22.4 Å². The monoisotopic (exact) mass is 489 g/mol. The number of hydrogen-bond donors (Lipinski definition) is 1. The minimum atomic E-state index is -0.398. The Morgan fingerprint density at radius 1 is 0.917 bits per heavy atom. The van der Waals surface area contributed by atoms with Gasteiger partial charge in [0.1, 0.15) is 0 Å². The zero-order valence-corrected chi connectivity index (χ0v) is 22.3. The number of rotatable bonds is 11. The topological polar surface area (TPSA) is 40.9 Å². The van der Waals surface area contributed by atoms with E-state index in [-0.39, 0.29) is 5.41 Å². The summed E-state index contributed by atoms with van der Waals surface area (Å²) in [6.07, 6.45) is 2.45. The highest BCUT2D eigenvalue weighted by Crippen LogP contribution is 2.22. The predicted molar refractivity (Wildman–Crippen MR) is 147 cm³/mol. The molecule has 1 atom stereocenters. The van der Waals surface area contributed by atoms with Crippen LogP contribution in [-0.4, -0.2) is 71.5 Å². The van der Waals surface area contributed by atoms with Crippen molar-refractivity contribution in [3.05, 3.63) is 95.3 Å². The van der Waals surface area contributed by atoms with Crippen LogP contribution in [-0.2, 0) is 29.7 Å². The third-order valence-electron chi connectivity index (χ3n) is 7.10. The number of aromatic nitrogens is 1. The van der Waals surface area contributed by atoms with Gasteiger partial charge in [0.2, 0.25) is 0 Å². The zero-order valence-electron chi connectivity index (χ0n) is 22.3. The van der Waals surface area contributed by atoms with E-state index in [4.69, 9.17) is 4.74 Å². The fourth-order valence-electron chi connectivity index (χ4n) is 4.87. The van der Waals surface area contributed by atoms with Crippen molar-refractivity contribution in [3.63, 3.8) is 0 Å². The van der Waals surface area contributed by atoms with E-state index < -0.39 is 6.10 Å². The smallest absolute Gasteiger partial charge is 0.0707 e. The molecule has 1 N–H and O–H groups in total. The van der Waals surface area contributed by atoms with Crippen LogP contribution in [0.15, 0.2) is 72.9 Å². The molecule has 0 spiro atoms. The van der Waals surface area contributed by atoms with Crippen LogP contribution in [0.1, 0.15) is 43.2 Å². The largest absolute Gasteiger partial charge is 0.391 e. The summed E-state index contributed by atoms with van der Waals surface area (Å²) in [6, 6.07) is 23.7. The lowest BCUT2D eigenvalue weighted by molar-refractivity contribution is 0.0290. The average molecular weight is 490 g/mol. The van der Waals surface area contributed by atoms with Crippen LogP contribution in [0.2, 0.25) is 0 Å². The molecule has 1 saturated heterocycles. The van der Waals surface area contributed by atoms with E-state index in [1.807, 2.05) is 18.2 Å². The van der Waals surface area contributed by atoms with Crippen LogP contribution >= 0.6 is 0 Å². The van der Waals surface area contributed by atoms with Gasteiger partial charge in [-0.05, 0) is 40.7 Å². The van der Waals surface area contributed by atoms with Gasteiger partial charge in [-0.3, -0.25) is 9.80 Å². The number of aliphatic hydroxyl groups is 1. The van der Waals surface area contributed by atoms with E-state index in [2.05, 4.69) is 89.9 Å². The Balaban J connectivity index is 1.41. The summed E-state index contributed by atoms with van der Waals surface area (Å²) >= 11 is 0. The summed E-state index contributed by atoms with van der Waals surface area (Å²) in [7, 11) is 0. The second kappa shape index (κ2) is 12.7. The maximum Gasteiger partial charge on any atom is 0.0707 e. The normalized spacial score (nSPS) is 15.9. The average Bonchev–Trinajstić information content (AvgIpc) is 3.30. The molecule has 0 aliphatic carbocycles. The number of hydrogen-bond acceptors (Lipinski definition) is 4. The first kappa shape index (κ1) is 26.6. The van der Waals surface area contributed by atoms with Gasteiger partial charge in [-0.25, -0.2) is 0 Å². The molecule has 3 aromatic rings. The molecule has 5 nitrogen and oxygen atoms in total. The van der Waals surface area contributed by atoms with Gasteiger partial charge < -0.3 is 14.4 Å². The Hall–Kier alpha value is -2.44. The SMILES string of the molecule is CC(C)(C)c1ccc(Cn2cccc2CN(CCN2CCOCC2)CC(O)Cc2ccccc2)cc1. The van der Waals surface area contributed by atoms with Gasteiger partial charge in [-0.2, -0.15) is 0 Å². The molecule has 1 aromatic heterocycles. The molecule has 2 aromatic carbocycles. The number of aliphatic hydroxyl groups excluding tert-OH is 1. The third-order valence-corrected chi connectivity index (χ3v) is 7.10. The minimum Gasteiger partial charge on any atom is -0.391 e. The van der Waals surface area contributed by atoms with Crippen molar-refractivity contribution in [1.29, 1.82) is 0 Å². The predicted octanol–water partition coefficient (Wildman–Crippen LogP) is 4.57. The summed E-state index contributed by atoms with van der Waals surface area (Å²) < 4.78 is 7.87. The van der Waals surface area contributed by atoms with Gasteiger partial charge in [0.05, 0.1) is 19.3 Å². The lowest BCUT2D eigenvalue weighted by atomic mass is 9.87. The Bertz CT molecular complexity index is 1030. The van der Waals surface area contributed by atoms with E-state index in [0.717, 1.165) is 52.5 Å². The first-order valence-corrected chi connectivity index (χ1v) is 13.3. The van der Waals surface area contributed by atoms with Crippen molar-refractivity contribution < 1.29 is 9.84 Å². The Labute approximate surface area is 217 Å². The van der Waals surface area contributed by atoms with Gasteiger partial charge in [0, 0.05) is 57.7 Å². The van der Waals surface area contributed by atoms with Gasteiger partial charge >= 0.3 is 0 Å². The van der Waals surface area contributed by atoms with Crippen LogP contribution in [0.3, 0.4) is 0 Å². The molecule has 194 valence electrons. The quantitative estimate of drug-likeness (QED) is 0.428. The molecule has 4 rings (SSSR count). The highest BCUT2D eigenvalue weighted by Gasteiger charge is 2.18. The fraction of sp³-hybridized carbons (Fsp3) is 0.484. The number of benzene rings is 2. The number of nitrogens with zero attached hydrogens (tertiary/aromatic N) is 3. The molecule has 1 aliphatic rings. The summed E-state index contributed by atoms with van der Waals surface area (Å²) in [5, 5.41) is 11.0. The third kappa shape index (κ3) is 8.04. The van der Waals surface area contributed by atoms with Gasteiger partial charge in [-0.15, -0.1) is 0 Å². The van der Waals surface area contributed by atoms with E-state index >= 15 is 0 Å². The molecular weight excluding hydrogens is 446 g/mol. The van der Waals surface area contributed by atoms with Gasteiger partial charge in [0.25, 0.3) is 0 Å². The Kier molecular flexibility index (Phi) is 9.38. The second-order valence-corrected chi connectivity index (χ2v) is 11.1. The first-order valence-electron chi connectivity index (χ1n) is 13.3. The molecule has 0 saturated carbocycles. The van der Waals surface area contributed by atoms with Crippen LogP contribution < -0.4 is 0 Å². The van der Waals surface area contributed by atoms with E-state index in [9.17, 15) is 5.11 Å². The summed E-state index contributed by atoms with van der Waals surface area (Å²) in [4.78, 5) is 4.88. The van der Waals surface area contributed by atoms with Crippen LogP contribution in [0.5, 0.6) is 0 Å². The summed E-state index contributed by atoms with van der Waals surface area (Å²) in [5.41, 5.74) is 5.30. The molecule has 1 aliphatic heterocycles. The van der Waals surface area contributed by atoms with E-state index in [0.29, 0.717) is 13.0 Å². The molecule has 1 unspecified atom stereocenters. The highest BCUT2D eigenvalue weighted by atomic mass is 16.5. The minimum absolute atomic E-state index is 0.165. The van der Waals surface area contributed by atoms with Crippen molar-refractivity contribution >= 4 is 0 Å². The van der Waals surface area contributed by atoms with Crippen molar-refractivity contribution in [2.45, 2.75) is 51.8 Å². The molecular formula is C31H43N3O2. The first-order chi connectivity index (χ1) is 17.4. The Morgan fingerprint density at radius 3 is 2.33 bits per heavy atom. The number of morpholine rings is 1. The lowest BCUT2D eigenvalue weighted by Gasteiger charge is -2.31. The maximum atomic E-state index is 11.0. The highest BCUT2D eigenvalue weighted by molar-refractivity contribution is 5.28. The van der Waals surface area contributed by atoms with E-state index in [1.54, 1.807) is 0 Å². The van der Waals surface area contributed by atoms with Gasteiger partial charge in [0.15, 0.2) is 0 Å². The Morgan fingerprint density at radius 2 is 1.64 bits per heavy atom. The van der Waals surface area contributed by atoms with Crippen molar-refractivity contribution in [2.75, 3.05) is 45.9 Å². The molecule has 0 amide bonds. The fourth-order valence-corrected chi connectivity index (χ4v) is 4.87. The summed E-state index contributed by atoms with van der Waals surface area (Å²) in [5.74, 6) is 0. The molecule has 5 heteroatoms. The van der Waals surface area contributed by atoms with Crippen molar-refractivity contribution in [3.8, 4) is 0 Å². The molecule has 0 bridgehead atoms. The maximum absolute atomic E-state index is 11.0. The van der Waals surface area contributed by atoms with Crippen LogP contribution in [0.4, 0.5) is 0 Å². The molecule has 36 heavy (non-hydrogen) atoms. The summed E-state index contributed by atoms with van der Waals surface area (Å²) in [6.45, 7) is 14.6. The molecule has 1 fully saturated rings. The molecule has 2 heterocycles. The zero-order chi connectivity index (χ0) is 25.4. The van der Waals surface area contributed by atoms with Gasteiger partial charge in [-0.1, -0.05) is 75.4 Å². The van der Waals surface area contributed by atoms with Crippen LogP contribution in [0, 0.1) is 0 Å². The van der Waals surface area contributed by atoms with Crippen molar-refractivity contribution in [2.24, 2.45) is 0 Å². The van der Waals surface area contributed by atoms with Crippen LogP contribution in [0.25, 0.3) is 0 Å². The number of ether oxygens (including phenoxy) is 1. The standard InChI is InChI=1S/C31H43N3O2/c1-31(2,3)28-13-11-27(12-14-28)23-34-15-7-10-29(34)24-33(17-16-32-18-20-36-21-19-32)25-30(35)22-26-8-5-4-6-9-26/h4-15,30,35H,16-25H2,1-3H3. The lowest BCUT2D eigenvalue weighted by Crippen LogP contribution is -2.43.